The standard InChI is InChI=1S/C13H14N2O/c14-10-4-1-3-9(7-10)11-5-2-6-13(15)12(11)8-16/h1-7,16H,8,14-15H2. The van der Waals surface area contributed by atoms with Crippen molar-refractivity contribution in [1.29, 1.82) is 0 Å². The van der Waals surface area contributed by atoms with Gasteiger partial charge in [-0.25, -0.2) is 0 Å². The van der Waals surface area contributed by atoms with Gasteiger partial charge in [0.15, 0.2) is 0 Å². The first-order valence-corrected chi connectivity index (χ1v) is 5.06. The van der Waals surface area contributed by atoms with E-state index in [2.05, 4.69) is 0 Å². The highest BCUT2D eigenvalue weighted by molar-refractivity contribution is 5.74. The molecule has 0 spiro atoms. The van der Waals surface area contributed by atoms with Gasteiger partial charge in [-0.1, -0.05) is 24.3 Å². The molecule has 0 aromatic heterocycles. The quantitative estimate of drug-likeness (QED) is 0.669. The molecule has 0 bridgehead atoms. The zero-order valence-corrected chi connectivity index (χ0v) is 8.85. The van der Waals surface area contributed by atoms with E-state index < -0.39 is 0 Å². The number of aliphatic hydroxyl groups is 1. The summed E-state index contributed by atoms with van der Waals surface area (Å²) in [5.41, 5.74) is 15.5. The first-order chi connectivity index (χ1) is 7.72. The smallest absolute Gasteiger partial charge is 0.0708 e. The van der Waals surface area contributed by atoms with Gasteiger partial charge in [0.05, 0.1) is 6.61 Å². The summed E-state index contributed by atoms with van der Waals surface area (Å²) in [7, 11) is 0. The van der Waals surface area contributed by atoms with Gasteiger partial charge in [-0.2, -0.15) is 0 Å². The van der Waals surface area contributed by atoms with Crippen LogP contribution in [0, 0.1) is 0 Å². The molecule has 2 aromatic rings. The molecule has 0 aliphatic heterocycles. The molecule has 3 nitrogen and oxygen atoms in total. The summed E-state index contributed by atoms with van der Waals surface area (Å²) < 4.78 is 0. The maximum Gasteiger partial charge on any atom is 0.0708 e. The predicted molar refractivity (Wildman–Crippen MR) is 66.6 cm³/mol. The summed E-state index contributed by atoms with van der Waals surface area (Å²) >= 11 is 0. The average molecular weight is 214 g/mol. The zero-order valence-electron chi connectivity index (χ0n) is 8.85. The van der Waals surface area contributed by atoms with Gasteiger partial charge in [0.25, 0.3) is 0 Å². The molecule has 5 N–H and O–H groups in total. The molecule has 0 heterocycles. The van der Waals surface area contributed by atoms with Crippen LogP contribution >= 0.6 is 0 Å². The lowest BCUT2D eigenvalue weighted by Crippen LogP contribution is -1.97. The van der Waals surface area contributed by atoms with Gasteiger partial charge in [-0.3, -0.25) is 0 Å². The molecule has 2 rings (SSSR count). The topological polar surface area (TPSA) is 72.3 Å². The molecule has 3 heteroatoms. The van der Waals surface area contributed by atoms with E-state index in [9.17, 15) is 5.11 Å². The summed E-state index contributed by atoms with van der Waals surface area (Å²) in [6.45, 7) is -0.0726. The van der Waals surface area contributed by atoms with E-state index in [1.165, 1.54) is 0 Å². The molecule has 0 saturated heterocycles. The molecule has 0 unspecified atom stereocenters. The Labute approximate surface area is 94.3 Å². The Morgan fingerprint density at radius 2 is 1.75 bits per heavy atom. The van der Waals surface area contributed by atoms with Crippen molar-refractivity contribution in [2.75, 3.05) is 11.5 Å². The number of nitrogen functional groups attached to an aromatic ring is 2. The minimum absolute atomic E-state index is 0.0726. The number of benzene rings is 2. The molecule has 0 fully saturated rings. The van der Waals surface area contributed by atoms with Gasteiger partial charge >= 0.3 is 0 Å². The fourth-order valence-electron chi connectivity index (χ4n) is 1.76. The molecule has 0 amide bonds. The van der Waals surface area contributed by atoms with E-state index in [0.717, 1.165) is 16.7 Å². The maximum absolute atomic E-state index is 9.32. The van der Waals surface area contributed by atoms with Gasteiger partial charge in [0.2, 0.25) is 0 Å². The lowest BCUT2D eigenvalue weighted by molar-refractivity contribution is 0.283. The largest absolute Gasteiger partial charge is 0.399 e. The van der Waals surface area contributed by atoms with Crippen LogP contribution in [0.25, 0.3) is 11.1 Å². The number of hydrogen-bond donors (Lipinski definition) is 3. The van der Waals surface area contributed by atoms with Crippen LogP contribution in [-0.4, -0.2) is 5.11 Å². The Morgan fingerprint density at radius 1 is 1.00 bits per heavy atom. The van der Waals surface area contributed by atoms with E-state index in [-0.39, 0.29) is 6.61 Å². The summed E-state index contributed by atoms with van der Waals surface area (Å²) in [4.78, 5) is 0. The van der Waals surface area contributed by atoms with Gasteiger partial charge in [-0.05, 0) is 29.3 Å². The van der Waals surface area contributed by atoms with Crippen LogP contribution in [0.5, 0.6) is 0 Å². The van der Waals surface area contributed by atoms with Crippen LogP contribution in [0.1, 0.15) is 5.56 Å². The van der Waals surface area contributed by atoms with E-state index >= 15 is 0 Å². The summed E-state index contributed by atoms with van der Waals surface area (Å²) in [6, 6.07) is 13.1. The van der Waals surface area contributed by atoms with Crippen molar-refractivity contribution in [3.63, 3.8) is 0 Å². The normalized spacial score (nSPS) is 10.3. The summed E-state index contributed by atoms with van der Waals surface area (Å²) in [6.07, 6.45) is 0. The number of aliphatic hydroxyl groups excluding tert-OH is 1. The Balaban J connectivity index is 2.60. The molecule has 0 radical (unpaired) electrons. The van der Waals surface area contributed by atoms with E-state index in [1.54, 1.807) is 6.07 Å². The van der Waals surface area contributed by atoms with Gasteiger partial charge in [0.1, 0.15) is 0 Å². The molecule has 16 heavy (non-hydrogen) atoms. The van der Waals surface area contributed by atoms with Crippen molar-refractivity contribution in [1.82, 2.24) is 0 Å². The van der Waals surface area contributed by atoms with E-state index in [4.69, 9.17) is 11.5 Å². The van der Waals surface area contributed by atoms with Crippen molar-refractivity contribution in [2.45, 2.75) is 6.61 Å². The van der Waals surface area contributed by atoms with Gasteiger partial charge < -0.3 is 16.6 Å². The van der Waals surface area contributed by atoms with E-state index in [1.807, 2.05) is 36.4 Å². The predicted octanol–water partition coefficient (Wildman–Crippen LogP) is 2.01. The fraction of sp³-hybridized carbons (Fsp3) is 0.0769. The van der Waals surface area contributed by atoms with Crippen molar-refractivity contribution in [3.05, 3.63) is 48.0 Å². The van der Waals surface area contributed by atoms with Crippen molar-refractivity contribution < 1.29 is 5.11 Å². The van der Waals surface area contributed by atoms with Crippen molar-refractivity contribution in [3.8, 4) is 11.1 Å². The number of hydrogen-bond acceptors (Lipinski definition) is 3. The van der Waals surface area contributed by atoms with Crippen molar-refractivity contribution >= 4 is 11.4 Å². The number of rotatable bonds is 2. The highest BCUT2D eigenvalue weighted by atomic mass is 16.3. The molecular weight excluding hydrogens is 200 g/mol. The molecular formula is C13H14N2O. The first kappa shape index (κ1) is 10.5. The van der Waals surface area contributed by atoms with E-state index in [0.29, 0.717) is 11.4 Å². The highest BCUT2D eigenvalue weighted by Gasteiger charge is 2.07. The van der Waals surface area contributed by atoms with Crippen LogP contribution in [0.3, 0.4) is 0 Å². The molecule has 0 aliphatic rings. The first-order valence-electron chi connectivity index (χ1n) is 5.06. The lowest BCUT2D eigenvalue weighted by atomic mass is 9.98. The van der Waals surface area contributed by atoms with Crippen LogP contribution in [-0.2, 0) is 6.61 Å². The third-order valence-electron chi connectivity index (χ3n) is 2.57. The second-order valence-electron chi connectivity index (χ2n) is 3.66. The second kappa shape index (κ2) is 4.24. The summed E-state index contributed by atoms with van der Waals surface area (Å²) in [5.74, 6) is 0. The Bertz CT molecular complexity index is 509. The molecule has 82 valence electrons. The molecule has 0 saturated carbocycles. The Kier molecular flexibility index (Phi) is 2.79. The fourth-order valence-corrected chi connectivity index (χ4v) is 1.76. The van der Waals surface area contributed by atoms with Crippen LogP contribution < -0.4 is 11.5 Å². The number of nitrogens with two attached hydrogens (primary N) is 2. The third-order valence-corrected chi connectivity index (χ3v) is 2.57. The molecule has 0 atom stereocenters. The second-order valence-corrected chi connectivity index (χ2v) is 3.66. The van der Waals surface area contributed by atoms with Crippen LogP contribution in [0.15, 0.2) is 42.5 Å². The zero-order chi connectivity index (χ0) is 11.5. The van der Waals surface area contributed by atoms with Gasteiger partial charge in [-0.15, -0.1) is 0 Å². The van der Waals surface area contributed by atoms with Gasteiger partial charge in [0, 0.05) is 16.9 Å². The Hall–Kier alpha value is -2.00. The minimum Gasteiger partial charge on any atom is -0.399 e. The molecule has 0 aliphatic carbocycles. The lowest BCUT2D eigenvalue weighted by Gasteiger charge is -2.10. The number of anilines is 2. The van der Waals surface area contributed by atoms with Crippen LogP contribution in [0.4, 0.5) is 11.4 Å². The Morgan fingerprint density at radius 3 is 2.44 bits per heavy atom. The minimum atomic E-state index is -0.0726. The highest BCUT2D eigenvalue weighted by Crippen LogP contribution is 2.28. The monoisotopic (exact) mass is 214 g/mol. The maximum atomic E-state index is 9.32. The average Bonchev–Trinajstić information content (AvgIpc) is 2.28. The van der Waals surface area contributed by atoms with Crippen molar-refractivity contribution in [2.24, 2.45) is 0 Å². The molecule has 2 aromatic carbocycles. The van der Waals surface area contributed by atoms with Crippen LogP contribution in [0.2, 0.25) is 0 Å². The summed E-state index contributed by atoms with van der Waals surface area (Å²) in [5, 5.41) is 9.32. The third kappa shape index (κ3) is 1.85. The SMILES string of the molecule is Nc1cccc(-c2cccc(N)c2CO)c1.